The molecule has 7 aromatic rings. The molecule has 2 amide bonds. The van der Waals surface area contributed by atoms with Gasteiger partial charge in [0.1, 0.15) is 17.3 Å². The summed E-state index contributed by atoms with van der Waals surface area (Å²) in [6.45, 7) is 9.48. The number of fused-ring (bicyclic) bond motifs is 2. The molecule has 0 saturated heterocycles. The van der Waals surface area contributed by atoms with Gasteiger partial charge in [-0.2, -0.15) is 36.5 Å². The Morgan fingerprint density at radius 3 is 2.03 bits per heavy atom. The molecule has 4 aromatic heterocycles. The number of anilines is 2. The molecule has 1 fully saturated rings. The summed E-state index contributed by atoms with van der Waals surface area (Å²) < 4.78 is 112. The number of aryl methyl sites for hydroxylation is 3. The molecule has 4 heterocycles. The van der Waals surface area contributed by atoms with Crippen molar-refractivity contribution >= 4 is 68.2 Å². The van der Waals surface area contributed by atoms with Crippen LogP contribution in [0.25, 0.3) is 21.8 Å². The molecule has 0 spiro atoms. The van der Waals surface area contributed by atoms with Gasteiger partial charge in [-0.25, -0.2) is 13.8 Å². The lowest BCUT2D eigenvalue weighted by Crippen LogP contribution is -2.19. The molecule has 1 aliphatic rings. The van der Waals surface area contributed by atoms with Gasteiger partial charge in [0.15, 0.2) is 5.69 Å². The zero-order valence-electron chi connectivity index (χ0n) is 36.6. The number of aromatic nitrogens is 6. The van der Waals surface area contributed by atoms with Gasteiger partial charge in [-0.15, -0.1) is 0 Å². The summed E-state index contributed by atoms with van der Waals surface area (Å²) in [6, 6.07) is 12.9. The first-order valence-electron chi connectivity index (χ1n) is 21.0. The normalized spacial score (nSPS) is 13.5. The van der Waals surface area contributed by atoms with Crippen LogP contribution in [0.4, 0.5) is 46.5 Å². The molecule has 1 aliphatic carbocycles. The third kappa shape index (κ3) is 10.9. The summed E-state index contributed by atoms with van der Waals surface area (Å²) in [7, 11) is 0. The van der Waals surface area contributed by atoms with Gasteiger partial charge in [-0.05, 0) is 95.8 Å². The topological polar surface area (TPSA) is 120 Å². The standard InChI is InChI=1S/C24H30N4O.C23H12Cl2F8N4O/c1-15-10-11-22-20(12-15)21(13-16(2)25-22)24(29)26-23-17(3)27-28(18(23)4)14-19-8-6-5-7-9-19;1-9-18(20(23(31,32)33)36-37(9)8-10-2-3-12(26)6-16(10)27)35-21(38)14-7-17(22(28,29)30)34-19-13(14)4-11(24)5-15(19)25/h10-13,19H,5-9,14H2,1-4H3,(H,26,29);2-7H,8H2,1H3,(H,35,38). The van der Waals surface area contributed by atoms with Crippen LogP contribution >= 0.6 is 23.2 Å². The molecular formula is C47H42Cl2F8N8O2. The fraction of sp³-hybridized carbons (Fsp3) is 0.319. The molecule has 0 atom stereocenters. The minimum absolute atomic E-state index is 0.0700. The molecule has 0 aliphatic heterocycles. The SMILES string of the molecule is Cc1c(NC(=O)c2cc(C(F)(F)F)nc3c(Cl)cc(Cl)cc23)c(C(F)(F)F)nn1Cc1ccc(F)cc1F.Cc1ccc2nc(C)cc(C(=O)Nc3c(C)nn(CC4CCCCC4)c3C)c2c1. The van der Waals surface area contributed by atoms with E-state index in [0.29, 0.717) is 28.3 Å². The highest BCUT2D eigenvalue weighted by Crippen LogP contribution is 2.39. The van der Waals surface area contributed by atoms with Gasteiger partial charge in [0.25, 0.3) is 11.8 Å². The van der Waals surface area contributed by atoms with E-state index in [4.69, 9.17) is 28.3 Å². The summed E-state index contributed by atoms with van der Waals surface area (Å²) in [5, 5.41) is 13.5. The van der Waals surface area contributed by atoms with E-state index in [-0.39, 0.29) is 32.6 Å². The van der Waals surface area contributed by atoms with Crippen LogP contribution in [-0.2, 0) is 25.4 Å². The summed E-state index contributed by atoms with van der Waals surface area (Å²) in [4.78, 5) is 34.3. The number of amides is 2. The van der Waals surface area contributed by atoms with Crippen LogP contribution in [0.15, 0.2) is 60.7 Å². The molecule has 67 heavy (non-hydrogen) atoms. The Kier molecular flexibility index (Phi) is 14.0. The first-order chi connectivity index (χ1) is 31.5. The second-order valence-electron chi connectivity index (χ2n) is 16.5. The quantitative estimate of drug-likeness (QED) is 0.146. The van der Waals surface area contributed by atoms with E-state index in [1.165, 1.54) is 32.1 Å². The van der Waals surface area contributed by atoms with Crippen molar-refractivity contribution in [2.24, 2.45) is 5.92 Å². The average Bonchev–Trinajstić information content (AvgIpc) is 3.70. The van der Waals surface area contributed by atoms with Crippen LogP contribution in [0.3, 0.4) is 0 Å². The maximum atomic E-state index is 14.1. The number of pyridine rings is 2. The van der Waals surface area contributed by atoms with Gasteiger partial charge >= 0.3 is 12.4 Å². The van der Waals surface area contributed by atoms with Gasteiger partial charge in [0, 0.05) is 39.7 Å². The number of nitrogens with zero attached hydrogens (tertiary/aromatic N) is 6. The fourth-order valence-corrected chi connectivity index (χ4v) is 8.67. The Labute approximate surface area is 388 Å². The van der Waals surface area contributed by atoms with Gasteiger partial charge in [0.05, 0.1) is 62.2 Å². The van der Waals surface area contributed by atoms with Crippen LogP contribution in [0, 0.1) is 52.2 Å². The predicted octanol–water partition coefficient (Wildman–Crippen LogP) is 13.2. The van der Waals surface area contributed by atoms with Crippen molar-refractivity contribution in [1.82, 2.24) is 29.5 Å². The second kappa shape index (κ2) is 19.2. The third-order valence-corrected chi connectivity index (χ3v) is 12.0. The average molecular weight is 974 g/mol. The summed E-state index contributed by atoms with van der Waals surface area (Å²) in [5.41, 5.74) is 0.551. The molecule has 8 rings (SSSR count). The van der Waals surface area contributed by atoms with Crippen molar-refractivity contribution in [2.75, 3.05) is 10.6 Å². The highest BCUT2D eigenvalue weighted by molar-refractivity contribution is 6.39. The largest absolute Gasteiger partial charge is 0.437 e. The zero-order chi connectivity index (χ0) is 48.7. The van der Waals surface area contributed by atoms with Crippen molar-refractivity contribution in [2.45, 2.75) is 92.2 Å². The monoisotopic (exact) mass is 972 g/mol. The fourth-order valence-electron chi connectivity index (χ4n) is 8.14. The first kappa shape index (κ1) is 48.8. The van der Waals surface area contributed by atoms with Crippen LogP contribution in [0.2, 0.25) is 10.0 Å². The molecule has 1 saturated carbocycles. The lowest BCUT2D eigenvalue weighted by molar-refractivity contribution is -0.141. The Hall–Kier alpha value is -6.14. The zero-order valence-corrected chi connectivity index (χ0v) is 38.1. The van der Waals surface area contributed by atoms with E-state index in [0.717, 1.165) is 77.0 Å². The first-order valence-corrected chi connectivity index (χ1v) is 21.7. The highest BCUT2D eigenvalue weighted by atomic mass is 35.5. The van der Waals surface area contributed by atoms with E-state index < -0.39 is 64.6 Å². The molecule has 0 unspecified atom stereocenters. The van der Waals surface area contributed by atoms with Crippen LogP contribution in [0.5, 0.6) is 0 Å². The van der Waals surface area contributed by atoms with E-state index in [2.05, 4.69) is 32.0 Å². The van der Waals surface area contributed by atoms with Crippen LogP contribution < -0.4 is 10.6 Å². The molecule has 0 radical (unpaired) electrons. The second-order valence-corrected chi connectivity index (χ2v) is 17.4. The number of hydrogen-bond acceptors (Lipinski definition) is 6. The minimum atomic E-state index is -5.12. The summed E-state index contributed by atoms with van der Waals surface area (Å²) in [6.07, 6.45) is -3.59. The third-order valence-electron chi connectivity index (χ3n) is 11.5. The van der Waals surface area contributed by atoms with E-state index in [9.17, 15) is 44.7 Å². The molecule has 0 bridgehead atoms. The molecule has 2 N–H and O–H groups in total. The number of benzene rings is 3. The highest BCUT2D eigenvalue weighted by Gasteiger charge is 2.40. The van der Waals surface area contributed by atoms with Gasteiger partial charge in [-0.3, -0.25) is 23.9 Å². The van der Waals surface area contributed by atoms with Crippen LogP contribution in [0.1, 0.15) is 98.1 Å². The smallest absolute Gasteiger partial charge is 0.319 e. The van der Waals surface area contributed by atoms with Gasteiger partial charge in [0.2, 0.25) is 0 Å². The Bertz CT molecular complexity index is 3050. The van der Waals surface area contributed by atoms with E-state index in [1.807, 2.05) is 50.4 Å². The lowest BCUT2D eigenvalue weighted by atomic mass is 9.89. The summed E-state index contributed by atoms with van der Waals surface area (Å²) in [5.74, 6) is -2.73. The maximum absolute atomic E-state index is 14.1. The van der Waals surface area contributed by atoms with Crippen molar-refractivity contribution < 1.29 is 44.7 Å². The number of nitrogens with one attached hydrogen (secondary N) is 2. The molecule has 352 valence electrons. The molecule has 3 aromatic carbocycles. The number of rotatable bonds is 8. The van der Waals surface area contributed by atoms with Crippen molar-refractivity contribution in [3.63, 3.8) is 0 Å². The Morgan fingerprint density at radius 1 is 0.716 bits per heavy atom. The predicted molar refractivity (Wildman–Crippen MR) is 240 cm³/mol. The number of carbonyl (C=O) groups is 2. The molecule has 20 heteroatoms. The lowest BCUT2D eigenvalue weighted by Gasteiger charge is -2.22. The molecular weight excluding hydrogens is 931 g/mol. The minimum Gasteiger partial charge on any atom is -0.319 e. The Morgan fingerprint density at radius 2 is 1.37 bits per heavy atom. The number of carbonyl (C=O) groups excluding carboxylic acids is 2. The number of hydrogen-bond donors (Lipinski definition) is 2. The Balaban J connectivity index is 0.000000206. The number of alkyl halides is 6. The molecule has 10 nitrogen and oxygen atoms in total. The van der Waals surface area contributed by atoms with Gasteiger partial charge in [-0.1, -0.05) is 60.2 Å². The van der Waals surface area contributed by atoms with Gasteiger partial charge < -0.3 is 10.6 Å². The number of halogens is 10. The van der Waals surface area contributed by atoms with Crippen molar-refractivity contribution in [3.05, 3.63) is 139 Å². The van der Waals surface area contributed by atoms with Crippen LogP contribution in [-0.4, -0.2) is 41.3 Å². The van der Waals surface area contributed by atoms with Crippen molar-refractivity contribution in [1.29, 1.82) is 0 Å². The van der Waals surface area contributed by atoms with Crippen molar-refractivity contribution in [3.8, 4) is 0 Å². The summed E-state index contributed by atoms with van der Waals surface area (Å²) >= 11 is 11.9. The maximum Gasteiger partial charge on any atom is 0.437 e. The van der Waals surface area contributed by atoms with E-state index in [1.54, 1.807) is 0 Å². The van der Waals surface area contributed by atoms with E-state index >= 15 is 0 Å².